The van der Waals surface area contributed by atoms with Crippen molar-refractivity contribution in [3.63, 3.8) is 0 Å². The number of thioether (sulfide) groups is 1. The first-order valence-electron chi connectivity index (χ1n) is 6.47. The van der Waals surface area contributed by atoms with Gasteiger partial charge in [0.1, 0.15) is 0 Å². The quantitative estimate of drug-likeness (QED) is 0.863. The van der Waals surface area contributed by atoms with Gasteiger partial charge in [0.05, 0.1) is 0 Å². The van der Waals surface area contributed by atoms with E-state index in [4.69, 9.17) is 0 Å². The van der Waals surface area contributed by atoms with Crippen molar-refractivity contribution in [3.8, 4) is 0 Å². The zero-order valence-corrected chi connectivity index (χ0v) is 11.4. The van der Waals surface area contributed by atoms with Gasteiger partial charge < -0.3 is 5.32 Å². The Morgan fingerprint density at radius 2 is 2.00 bits per heavy atom. The van der Waals surface area contributed by atoms with Gasteiger partial charge in [-0.3, -0.25) is 4.90 Å². The topological polar surface area (TPSA) is 15.3 Å². The molecule has 0 radical (unpaired) electrons. The minimum absolute atomic E-state index is 0.986. The van der Waals surface area contributed by atoms with Crippen molar-refractivity contribution in [1.29, 1.82) is 0 Å². The van der Waals surface area contributed by atoms with Crippen molar-refractivity contribution in [3.05, 3.63) is 35.4 Å². The average Bonchev–Trinajstić information content (AvgIpc) is 2.38. The van der Waals surface area contributed by atoms with Gasteiger partial charge in [0, 0.05) is 37.7 Å². The summed E-state index contributed by atoms with van der Waals surface area (Å²) < 4.78 is 0. The molecule has 2 nitrogen and oxygen atoms in total. The Hall–Kier alpha value is -0.510. The van der Waals surface area contributed by atoms with Crippen molar-refractivity contribution in [1.82, 2.24) is 10.2 Å². The molecule has 1 aromatic rings. The fraction of sp³-hybridized carbons (Fsp3) is 0.571. The second kappa shape index (κ2) is 7.04. The van der Waals surface area contributed by atoms with Crippen LogP contribution in [-0.4, -0.2) is 36.0 Å². The van der Waals surface area contributed by atoms with Gasteiger partial charge in [0.15, 0.2) is 0 Å². The van der Waals surface area contributed by atoms with Crippen LogP contribution in [0.2, 0.25) is 0 Å². The van der Waals surface area contributed by atoms with Crippen LogP contribution in [0.25, 0.3) is 0 Å². The number of benzene rings is 1. The maximum Gasteiger partial charge on any atom is 0.0234 e. The Morgan fingerprint density at radius 3 is 2.76 bits per heavy atom. The molecule has 3 heteroatoms. The standard InChI is InChI=1S/C14H22N2S/c1-2-15-11-13-4-3-5-14(10-13)12-16-6-8-17-9-7-16/h3-5,10,15H,2,6-9,11-12H2,1H3. The molecule has 1 heterocycles. The van der Waals surface area contributed by atoms with Crippen molar-refractivity contribution < 1.29 is 0 Å². The zero-order valence-electron chi connectivity index (χ0n) is 10.6. The highest BCUT2D eigenvalue weighted by Gasteiger charge is 2.10. The van der Waals surface area contributed by atoms with Crippen LogP contribution < -0.4 is 5.32 Å². The summed E-state index contributed by atoms with van der Waals surface area (Å²) in [5.74, 6) is 2.58. The van der Waals surface area contributed by atoms with Crippen LogP contribution in [0.15, 0.2) is 24.3 Å². The molecule has 0 aliphatic carbocycles. The van der Waals surface area contributed by atoms with E-state index in [9.17, 15) is 0 Å². The summed E-state index contributed by atoms with van der Waals surface area (Å²) in [5.41, 5.74) is 2.85. The van der Waals surface area contributed by atoms with Crippen LogP contribution in [0.5, 0.6) is 0 Å². The van der Waals surface area contributed by atoms with Crippen molar-refractivity contribution in [2.75, 3.05) is 31.1 Å². The summed E-state index contributed by atoms with van der Waals surface area (Å²) in [6, 6.07) is 8.97. The molecule has 0 amide bonds. The first-order valence-corrected chi connectivity index (χ1v) is 7.62. The van der Waals surface area contributed by atoms with Gasteiger partial charge in [-0.2, -0.15) is 11.8 Å². The van der Waals surface area contributed by atoms with E-state index in [0.29, 0.717) is 0 Å². The molecule has 1 fully saturated rings. The lowest BCUT2D eigenvalue weighted by Gasteiger charge is -2.26. The molecule has 0 atom stereocenters. The molecule has 1 saturated heterocycles. The molecule has 0 saturated carbocycles. The number of nitrogens with one attached hydrogen (secondary N) is 1. The highest BCUT2D eigenvalue weighted by atomic mass is 32.2. The molecule has 1 aliphatic rings. The summed E-state index contributed by atoms with van der Waals surface area (Å²) in [6.07, 6.45) is 0. The first-order chi connectivity index (χ1) is 8.38. The molecule has 0 bridgehead atoms. The Kier molecular flexibility index (Phi) is 5.36. The molecule has 0 spiro atoms. The third kappa shape index (κ3) is 4.34. The SMILES string of the molecule is CCNCc1cccc(CN2CCSCC2)c1. The minimum atomic E-state index is 0.986. The van der Waals surface area contributed by atoms with Gasteiger partial charge in [-0.1, -0.05) is 31.2 Å². The van der Waals surface area contributed by atoms with E-state index < -0.39 is 0 Å². The summed E-state index contributed by atoms with van der Waals surface area (Å²) in [5, 5.41) is 3.38. The summed E-state index contributed by atoms with van der Waals surface area (Å²) >= 11 is 2.07. The van der Waals surface area contributed by atoms with Gasteiger partial charge >= 0.3 is 0 Å². The number of hydrogen-bond donors (Lipinski definition) is 1. The highest BCUT2D eigenvalue weighted by molar-refractivity contribution is 7.99. The fourth-order valence-corrected chi connectivity index (χ4v) is 3.10. The van der Waals surface area contributed by atoms with E-state index in [1.807, 2.05) is 0 Å². The normalized spacial score (nSPS) is 17.2. The van der Waals surface area contributed by atoms with Crippen LogP contribution in [-0.2, 0) is 13.1 Å². The number of nitrogens with zero attached hydrogens (tertiary/aromatic N) is 1. The van der Waals surface area contributed by atoms with Gasteiger partial charge in [0.25, 0.3) is 0 Å². The lowest BCUT2D eigenvalue weighted by atomic mass is 10.1. The van der Waals surface area contributed by atoms with Crippen LogP contribution in [0, 0.1) is 0 Å². The Balaban J connectivity index is 1.90. The van der Waals surface area contributed by atoms with Crippen LogP contribution >= 0.6 is 11.8 Å². The molecule has 1 N–H and O–H groups in total. The van der Waals surface area contributed by atoms with Crippen LogP contribution in [0.3, 0.4) is 0 Å². The maximum atomic E-state index is 3.38. The summed E-state index contributed by atoms with van der Waals surface area (Å²) in [4.78, 5) is 2.56. The Morgan fingerprint density at radius 1 is 1.24 bits per heavy atom. The molecule has 94 valence electrons. The van der Waals surface area contributed by atoms with E-state index in [2.05, 4.69) is 53.2 Å². The molecule has 2 rings (SSSR count). The van der Waals surface area contributed by atoms with E-state index in [1.165, 1.54) is 35.7 Å². The second-order valence-corrected chi connectivity index (χ2v) is 5.71. The van der Waals surface area contributed by atoms with E-state index in [1.54, 1.807) is 0 Å². The highest BCUT2D eigenvalue weighted by Crippen LogP contribution is 2.13. The van der Waals surface area contributed by atoms with Crippen LogP contribution in [0.1, 0.15) is 18.1 Å². The molecule has 1 aromatic carbocycles. The molecule has 1 aliphatic heterocycles. The summed E-state index contributed by atoms with van der Waals surface area (Å²) in [6.45, 7) is 7.76. The average molecular weight is 250 g/mol. The van der Waals surface area contributed by atoms with Crippen molar-refractivity contribution in [2.24, 2.45) is 0 Å². The summed E-state index contributed by atoms with van der Waals surface area (Å²) in [7, 11) is 0. The maximum absolute atomic E-state index is 3.38. The van der Waals surface area contributed by atoms with E-state index >= 15 is 0 Å². The van der Waals surface area contributed by atoms with E-state index in [0.717, 1.165) is 19.6 Å². The predicted octanol–water partition coefficient (Wildman–Crippen LogP) is 2.34. The third-order valence-corrected chi connectivity index (χ3v) is 4.02. The first kappa shape index (κ1) is 12.9. The number of hydrogen-bond acceptors (Lipinski definition) is 3. The van der Waals surface area contributed by atoms with Gasteiger partial charge in [-0.05, 0) is 17.7 Å². The monoisotopic (exact) mass is 250 g/mol. The molecule has 17 heavy (non-hydrogen) atoms. The Bertz CT molecular complexity index is 335. The second-order valence-electron chi connectivity index (χ2n) is 4.49. The lowest BCUT2D eigenvalue weighted by molar-refractivity contribution is 0.294. The molecular formula is C14H22N2S. The number of rotatable bonds is 5. The fourth-order valence-electron chi connectivity index (χ4n) is 2.12. The van der Waals surface area contributed by atoms with E-state index in [-0.39, 0.29) is 0 Å². The van der Waals surface area contributed by atoms with Gasteiger partial charge in [0.2, 0.25) is 0 Å². The lowest BCUT2D eigenvalue weighted by Crippen LogP contribution is -2.31. The van der Waals surface area contributed by atoms with Crippen molar-refractivity contribution >= 4 is 11.8 Å². The zero-order chi connectivity index (χ0) is 11.9. The largest absolute Gasteiger partial charge is 0.313 e. The molecular weight excluding hydrogens is 228 g/mol. The smallest absolute Gasteiger partial charge is 0.0234 e. The van der Waals surface area contributed by atoms with Gasteiger partial charge in [-0.15, -0.1) is 0 Å². The third-order valence-electron chi connectivity index (χ3n) is 3.08. The predicted molar refractivity (Wildman–Crippen MR) is 76.4 cm³/mol. The van der Waals surface area contributed by atoms with Crippen molar-refractivity contribution in [2.45, 2.75) is 20.0 Å². The Labute approximate surface area is 109 Å². The molecule has 0 aromatic heterocycles. The minimum Gasteiger partial charge on any atom is -0.313 e. The van der Waals surface area contributed by atoms with Gasteiger partial charge in [-0.25, -0.2) is 0 Å². The molecule has 0 unspecified atom stereocenters. The van der Waals surface area contributed by atoms with Crippen LogP contribution in [0.4, 0.5) is 0 Å².